The summed E-state index contributed by atoms with van der Waals surface area (Å²) < 4.78 is 30.1. The average Bonchev–Trinajstić information content (AvgIpc) is 2.72. The highest BCUT2D eigenvalue weighted by Gasteiger charge is 2.25. The molecule has 29 heavy (non-hydrogen) atoms. The number of hydroxylamine groups is 1. The summed E-state index contributed by atoms with van der Waals surface area (Å²) in [5.74, 6) is -2.46. The largest absolute Gasteiger partial charge is 0.452 e. The van der Waals surface area contributed by atoms with E-state index in [1.165, 1.54) is 24.3 Å². The molecule has 0 aliphatic rings. The Morgan fingerprint density at radius 1 is 1.07 bits per heavy atom. The van der Waals surface area contributed by atoms with Crippen LogP contribution in [0.15, 0.2) is 53.4 Å². The lowest BCUT2D eigenvalue weighted by molar-refractivity contribution is -0.123. The Labute approximate surface area is 172 Å². The first kappa shape index (κ1) is 22.5. The molecule has 2 aromatic rings. The minimum atomic E-state index is -4.11. The van der Waals surface area contributed by atoms with E-state index in [9.17, 15) is 22.8 Å². The Kier molecular flexibility index (Phi) is 7.46. The summed E-state index contributed by atoms with van der Waals surface area (Å²) in [5, 5.41) is 1.95. The lowest BCUT2D eigenvalue weighted by Crippen LogP contribution is -2.34. The van der Waals surface area contributed by atoms with Crippen molar-refractivity contribution in [2.75, 3.05) is 20.8 Å². The van der Waals surface area contributed by atoms with E-state index in [2.05, 4.69) is 10.2 Å². The number of imide groups is 1. The number of hydrogen-bond donors (Lipinski definition) is 1. The van der Waals surface area contributed by atoms with Crippen LogP contribution in [-0.2, 0) is 24.4 Å². The van der Waals surface area contributed by atoms with Crippen LogP contribution in [0.1, 0.15) is 20.7 Å². The maximum absolute atomic E-state index is 12.3. The number of benzene rings is 2. The van der Waals surface area contributed by atoms with E-state index in [0.29, 0.717) is 4.47 Å². The minimum Gasteiger partial charge on any atom is -0.452 e. The Morgan fingerprint density at radius 2 is 1.72 bits per heavy atom. The molecule has 0 spiro atoms. The average molecular weight is 441 g/mol. The highest BCUT2D eigenvalue weighted by Crippen LogP contribution is 2.25. The number of esters is 1. The lowest BCUT2D eigenvalue weighted by atomic mass is 10.2. The highest BCUT2D eigenvalue weighted by molar-refractivity contribution is 7.89. The van der Waals surface area contributed by atoms with Crippen molar-refractivity contribution in [1.29, 1.82) is 0 Å². The number of sulfonamides is 1. The Hall–Kier alpha value is -2.79. The maximum Gasteiger partial charge on any atom is 0.338 e. The van der Waals surface area contributed by atoms with Gasteiger partial charge in [-0.05, 0) is 30.3 Å². The third-order valence-corrected chi connectivity index (χ3v) is 5.82. The van der Waals surface area contributed by atoms with E-state index in [1.54, 1.807) is 18.2 Å². The highest BCUT2D eigenvalue weighted by atomic mass is 35.5. The van der Waals surface area contributed by atoms with Crippen molar-refractivity contribution in [2.45, 2.75) is 4.90 Å². The van der Waals surface area contributed by atoms with Crippen molar-refractivity contribution in [3.63, 3.8) is 0 Å². The Bertz CT molecular complexity index is 1030. The molecule has 0 atom stereocenters. The summed E-state index contributed by atoms with van der Waals surface area (Å²) in [7, 11) is -1.80. The van der Waals surface area contributed by atoms with Crippen LogP contribution in [0.2, 0.25) is 5.02 Å². The topological polar surface area (TPSA) is 119 Å². The van der Waals surface area contributed by atoms with Crippen LogP contribution in [-0.4, -0.2) is 51.4 Å². The number of nitrogens with one attached hydrogen (secondary N) is 1. The van der Waals surface area contributed by atoms with Gasteiger partial charge in [-0.15, -0.1) is 0 Å². The van der Waals surface area contributed by atoms with Gasteiger partial charge in [0.2, 0.25) is 0 Å². The number of nitrogens with zero attached hydrogens (tertiary/aromatic N) is 1. The summed E-state index contributed by atoms with van der Waals surface area (Å²) >= 11 is 5.91. The van der Waals surface area contributed by atoms with Crippen LogP contribution >= 0.6 is 11.6 Å². The number of rotatable bonds is 7. The minimum absolute atomic E-state index is 0.128. The maximum atomic E-state index is 12.3. The molecule has 0 fully saturated rings. The molecular formula is C18H17ClN2O7S. The van der Waals surface area contributed by atoms with Crippen molar-refractivity contribution in [3.05, 3.63) is 64.7 Å². The number of carbonyl (C=O) groups excluding carboxylic acids is 3. The fourth-order valence-corrected chi connectivity index (χ4v) is 3.58. The zero-order valence-corrected chi connectivity index (χ0v) is 17.0. The number of carbonyl (C=O) groups is 3. The first-order valence-corrected chi connectivity index (χ1v) is 9.87. The summed E-state index contributed by atoms with van der Waals surface area (Å²) in [4.78, 5) is 40.2. The molecule has 2 amide bonds. The zero-order valence-electron chi connectivity index (χ0n) is 15.4. The fourth-order valence-electron chi connectivity index (χ4n) is 2.10. The molecule has 0 bridgehead atoms. The van der Waals surface area contributed by atoms with Crippen LogP contribution in [0, 0.1) is 0 Å². The third-order valence-electron chi connectivity index (χ3n) is 3.66. The second kappa shape index (κ2) is 9.61. The van der Waals surface area contributed by atoms with Crippen LogP contribution in [0.5, 0.6) is 0 Å². The van der Waals surface area contributed by atoms with Gasteiger partial charge in [0.15, 0.2) is 6.61 Å². The van der Waals surface area contributed by atoms with Crippen LogP contribution in [0.4, 0.5) is 0 Å². The molecule has 0 heterocycles. The normalized spacial score (nSPS) is 11.2. The van der Waals surface area contributed by atoms with Crippen molar-refractivity contribution in [2.24, 2.45) is 0 Å². The summed E-state index contributed by atoms with van der Waals surface area (Å²) in [6.07, 6.45) is 0. The van der Waals surface area contributed by atoms with Gasteiger partial charge in [0.05, 0.1) is 17.7 Å². The Balaban J connectivity index is 2.05. The first-order chi connectivity index (χ1) is 13.7. The molecule has 0 saturated carbocycles. The van der Waals surface area contributed by atoms with Gasteiger partial charge in [-0.2, -0.15) is 0 Å². The quantitative estimate of drug-likeness (QED) is 0.513. The van der Waals surface area contributed by atoms with Crippen LogP contribution in [0.25, 0.3) is 0 Å². The van der Waals surface area contributed by atoms with E-state index < -0.39 is 34.4 Å². The molecule has 0 unspecified atom stereocenters. The second-order valence-corrected chi connectivity index (χ2v) is 7.87. The number of ether oxygens (including phenoxy) is 1. The number of hydrogen-bond acceptors (Lipinski definition) is 7. The van der Waals surface area contributed by atoms with Gasteiger partial charge in [-0.25, -0.2) is 13.2 Å². The van der Waals surface area contributed by atoms with Gasteiger partial charge < -0.3 is 4.74 Å². The third kappa shape index (κ3) is 5.61. The molecular weight excluding hydrogens is 424 g/mol. The molecule has 1 N–H and O–H groups in total. The fraction of sp³-hybridized carbons (Fsp3) is 0.167. The van der Waals surface area contributed by atoms with Crippen molar-refractivity contribution in [3.8, 4) is 0 Å². The van der Waals surface area contributed by atoms with Crippen molar-refractivity contribution >= 4 is 39.4 Å². The van der Waals surface area contributed by atoms with E-state index in [4.69, 9.17) is 16.3 Å². The van der Waals surface area contributed by atoms with E-state index in [-0.39, 0.29) is 21.0 Å². The molecule has 154 valence electrons. The molecule has 0 aromatic heterocycles. The smallest absolute Gasteiger partial charge is 0.338 e. The standard InChI is InChI=1S/C18H17ClN2O7S/c1-21(27-2)29(25,26)15-10-13(8-9-14(15)19)18(24)28-11-16(22)20-17(23)12-6-4-3-5-7-12/h3-10H,11H2,1-2H3,(H,20,22,23). The molecule has 0 aliphatic carbocycles. The van der Waals surface area contributed by atoms with Crippen LogP contribution in [0.3, 0.4) is 0 Å². The SMILES string of the molecule is CON(C)S(=O)(=O)c1cc(C(=O)OCC(=O)NC(=O)c2ccccc2)ccc1Cl. The van der Waals surface area contributed by atoms with E-state index in [1.807, 2.05) is 0 Å². The van der Waals surface area contributed by atoms with Gasteiger partial charge in [0.1, 0.15) is 4.90 Å². The van der Waals surface area contributed by atoms with Gasteiger partial charge in [-0.1, -0.05) is 34.3 Å². The molecule has 2 rings (SSSR count). The summed E-state index contributed by atoms with van der Waals surface area (Å²) in [6, 6.07) is 11.5. The van der Waals surface area contributed by atoms with Crippen molar-refractivity contribution in [1.82, 2.24) is 9.79 Å². The number of amides is 2. The first-order valence-electron chi connectivity index (χ1n) is 8.05. The zero-order chi connectivity index (χ0) is 21.6. The van der Waals surface area contributed by atoms with Crippen molar-refractivity contribution < 1.29 is 32.4 Å². The number of halogens is 1. The summed E-state index contributed by atoms with van der Waals surface area (Å²) in [5.41, 5.74) is 0.113. The predicted molar refractivity (Wildman–Crippen MR) is 103 cm³/mol. The van der Waals surface area contributed by atoms with Gasteiger partial charge >= 0.3 is 5.97 Å². The van der Waals surface area contributed by atoms with E-state index in [0.717, 1.165) is 20.2 Å². The monoisotopic (exact) mass is 440 g/mol. The summed E-state index contributed by atoms with van der Waals surface area (Å²) in [6.45, 7) is -0.736. The van der Waals surface area contributed by atoms with Crippen LogP contribution < -0.4 is 5.32 Å². The Morgan fingerprint density at radius 3 is 2.34 bits per heavy atom. The molecule has 11 heteroatoms. The second-order valence-electron chi connectivity index (χ2n) is 5.56. The van der Waals surface area contributed by atoms with Gasteiger partial charge in [0.25, 0.3) is 21.8 Å². The molecule has 9 nitrogen and oxygen atoms in total. The molecule has 2 aromatic carbocycles. The molecule has 0 saturated heterocycles. The molecule has 0 radical (unpaired) electrons. The van der Waals surface area contributed by atoms with Gasteiger partial charge in [0, 0.05) is 12.6 Å². The lowest BCUT2D eigenvalue weighted by Gasteiger charge is -2.15. The predicted octanol–water partition coefficient (Wildman–Crippen LogP) is 1.64. The van der Waals surface area contributed by atoms with E-state index >= 15 is 0 Å². The van der Waals surface area contributed by atoms with Gasteiger partial charge in [-0.3, -0.25) is 19.7 Å². The molecule has 0 aliphatic heterocycles.